The Morgan fingerprint density at radius 1 is 1.59 bits per heavy atom. The number of benzene rings is 1. The van der Waals surface area contributed by atoms with Crippen LogP contribution in [-0.4, -0.2) is 24.5 Å². The Balaban J connectivity index is 3.04. The number of hydrogen-bond acceptors (Lipinski definition) is 5. The molecule has 1 N–H and O–H groups in total. The van der Waals surface area contributed by atoms with Crippen LogP contribution in [0.3, 0.4) is 0 Å². The van der Waals surface area contributed by atoms with Gasteiger partial charge < -0.3 is 10.1 Å². The SMILES string of the molecule is COC(=O)CNc1c(I)cc(C)cc1[N+](=O)[O-]. The molecule has 0 fully saturated rings. The molecular formula is C10H11IN2O4. The maximum atomic E-state index is 11.0. The minimum absolute atomic E-state index is 0.0432. The Hall–Kier alpha value is -1.38. The lowest BCUT2D eigenvalue weighted by molar-refractivity contribution is -0.384. The van der Waals surface area contributed by atoms with Crippen LogP contribution in [0, 0.1) is 20.6 Å². The zero-order chi connectivity index (χ0) is 13.0. The molecule has 0 unspecified atom stereocenters. The Morgan fingerprint density at radius 2 is 2.24 bits per heavy atom. The average Bonchev–Trinajstić information content (AvgIpc) is 2.26. The van der Waals surface area contributed by atoms with Crippen molar-refractivity contribution in [1.82, 2.24) is 0 Å². The summed E-state index contributed by atoms with van der Waals surface area (Å²) in [6.07, 6.45) is 0. The first-order chi connectivity index (χ1) is 7.95. The predicted octanol–water partition coefficient (Wildman–Crippen LogP) is 2.09. The molecule has 0 aliphatic heterocycles. The zero-order valence-electron chi connectivity index (χ0n) is 9.32. The number of hydrogen-bond donors (Lipinski definition) is 1. The standard InChI is InChI=1S/C10H11IN2O4/c1-6-3-7(11)10(8(4-6)13(15)16)12-5-9(14)17-2/h3-4,12H,5H2,1-2H3. The van der Waals surface area contributed by atoms with Crippen LogP contribution in [0.1, 0.15) is 5.56 Å². The number of nitrogens with one attached hydrogen (secondary N) is 1. The number of rotatable bonds is 4. The maximum absolute atomic E-state index is 11.0. The third-order valence-electron chi connectivity index (χ3n) is 2.05. The number of esters is 1. The van der Waals surface area contributed by atoms with E-state index < -0.39 is 10.9 Å². The quantitative estimate of drug-likeness (QED) is 0.389. The molecular weight excluding hydrogens is 339 g/mol. The van der Waals surface area contributed by atoms with E-state index in [4.69, 9.17) is 0 Å². The number of aryl methyl sites for hydroxylation is 1. The molecule has 17 heavy (non-hydrogen) atoms. The summed E-state index contributed by atoms with van der Waals surface area (Å²) < 4.78 is 5.15. The van der Waals surface area contributed by atoms with Gasteiger partial charge in [-0.25, -0.2) is 0 Å². The number of carbonyl (C=O) groups excluding carboxylic acids is 1. The van der Waals surface area contributed by atoms with Crippen LogP contribution in [0.4, 0.5) is 11.4 Å². The molecule has 0 aliphatic rings. The van der Waals surface area contributed by atoms with E-state index >= 15 is 0 Å². The van der Waals surface area contributed by atoms with Crippen LogP contribution in [0.5, 0.6) is 0 Å². The first-order valence-electron chi connectivity index (χ1n) is 4.71. The van der Waals surface area contributed by atoms with Crippen LogP contribution in [0.2, 0.25) is 0 Å². The third kappa shape index (κ3) is 3.55. The Kier molecular flexibility index (Phi) is 4.67. The molecule has 0 spiro atoms. The highest BCUT2D eigenvalue weighted by atomic mass is 127. The van der Waals surface area contributed by atoms with E-state index in [1.165, 1.54) is 13.2 Å². The van der Waals surface area contributed by atoms with Crippen molar-refractivity contribution >= 4 is 39.9 Å². The van der Waals surface area contributed by atoms with E-state index in [2.05, 4.69) is 10.1 Å². The van der Waals surface area contributed by atoms with Gasteiger partial charge in [0.15, 0.2) is 0 Å². The minimum Gasteiger partial charge on any atom is -0.468 e. The van der Waals surface area contributed by atoms with Crippen molar-refractivity contribution in [3.63, 3.8) is 0 Å². The Labute approximate surface area is 112 Å². The van der Waals surface area contributed by atoms with Gasteiger partial charge in [0.1, 0.15) is 12.2 Å². The number of nitro benzene ring substituents is 1. The molecule has 0 aliphatic carbocycles. The van der Waals surface area contributed by atoms with Gasteiger partial charge in [-0.1, -0.05) is 0 Å². The maximum Gasteiger partial charge on any atom is 0.325 e. The van der Waals surface area contributed by atoms with Gasteiger partial charge in [0.2, 0.25) is 0 Å². The Bertz CT molecular complexity index is 462. The van der Waals surface area contributed by atoms with Crippen molar-refractivity contribution in [2.24, 2.45) is 0 Å². The highest BCUT2D eigenvalue weighted by Gasteiger charge is 2.18. The molecule has 0 bridgehead atoms. The predicted molar refractivity (Wildman–Crippen MR) is 71.1 cm³/mol. The molecule has 0 heterocycles. The number of nitro groups is 1. The summed E-state index contributed by atoms with van der Waals surface area (Å²) in [6, 6.07) is 3.26. The topological polar surface area (TPSA) is 81.5 Å². The lowest BCUT2D eigenvalue weighted by atomic mass is 10.2. The average molecular weight is 350 g/mol. The first kappa shape index (κ1) is 13.7. The van der Waals surface area contributed by atoms with Gasteiger partial charge in [-0.2, -0.15) is 0 Å². The van der Waals surface area contributed by atoms with Crippen molar-refractivity contribution in [3.8, 4) is 0 Å². The molecule has 1 aromatic rings. The van der Waals surface area contributed by atoms with Crippen LogP contribution in [0.25, 0.3) is 0 Å². The molecule has 0 radical (unpaired) electrons. The lowest BCUT2D eigenvalue weighted by Crippen LogP contribution is -2.16. The summed E-state index contributed by atoms with van der Waals surface area (Å²) in [5.41, 5.74) is 1.09. The van der Waals surface area contributed by atoms with Crippen molar-refractivity contribution in [2.75, 3.05) is 19.0 Å². The summed E-state index contributed by atoms with van der Waals surface area (Å²) in [7, 11) is 1.26. The molecule has 0 atom stereocenters. The third-order valence-corrected chi connectivity index (χ3v) is 2.90. The summed E-state index contributed by atoms with van der Waals surface area (Å²) in [4.78, 5) is 21.4. The van der Waals surface area contributed by atoms with Crippen LogP contribution in [-0.2, 0) is 9.53 Å². The first-order valence-corrected chi connectivity index (χ1v) is 5.78. The van der Waals surface area contributed by atoms with E-state index in [0.717, 1.165) is 5.56 Å². The largest absolute Gasteiger partial charge is 0.468 e. The van der Waals surface area contributed by atoms with E-state index in [1.807, 2.05) is 22.6 Å². The lowest BCUT2D eigenvalue weighted by Gasteiger charge is -2.09. The number of methoxy groups -OCH3 is 1. The molecule has 92 valence electrons. The van der Waals surface area contributed by atoms with Crippen molar-refractivity contribution < 1.29 is 14.5 Å². The second-order valence-corrected chi connectivity index (χ2v) is 4.49. The van der Waals surface area contributed by atoms with Gasteiger partial charge >= 0.3 is 5.97 Å². The summed E-state index contributed by atoms with van der Waals surface area (Å²) in [5.74, 6) is -0.476. The smallest absolute Gasteiger partial charge is 0.325 e. The number of nitrogens with zero attached hydrogens (tertiary/aromatic N) is 1. The summed E-state index contributed by atoms with van der Waals surface area (Å²) in [5, 5.41) is 13.6. The summed E-state index contributed by atoms with van der Waals surface area (Å²) >= 11 is 1.98. The number of carbonyl (C=O) groups is 1. The highest BCUT2D eigenvalue weighted by molar-refractivity contribution is 14.1. The van der Waals surface area contributed by atoms with Gasteiger partial charge in [-0.3, -0.25) is 14.9 Å². The van der Waals surface area contributed by atoms with Gasteiger partial charge in [-0.15, -0.1) is 0 Å². The molecule has 1 aromatic carbocycles. The number of halogens is 1. The second-order valence-electron chi connectivity index (χ2n) is 3.33. The van der Waals surface area contributed by atoms with Crippen LogP contribution >= 0.6 is 22.6 Å². The second kappa shape index (κ2) is 5.80. The molecule has 1 rings (SSSR count). The molecule has 0 saturated heterocycles. The number of anilines is 1. The van der Waals surface area contributed by atoms with Gasteiger partial charge in [-0.05, 0) is 41.1 Å². The van der Waals surface area contributed by atoms with Gasteiger partial charge in [0.05, 0.1) is 12.0 Å². The van der Waals surface area contributed by atoms with Crippen molar-refractivity contribution in [2.45, 2.75) is 6.92 Å². The fourth-order valence-corrected chi connectivity index (χ4v) is 2.23. The van der Waals surface area contributed by atoms with Crippen molar-refractivity contribution in [1.29, 1.82) is 0 Å². The number of ether oxygens (including phenoxy) is 1. The van der Waals surface area contributed by atoms with E-state index in [9.17, 15) is 14.9 Å². The molecule has 7 heteroatoms. The molecule has 0 aromatic heterocycles. The van der Waals surface area contributed by atoms with Crippen molar-refractivity contribution in [3.05, 3.63) is 31.4 Å². The molecule has 6 nitrogen and oxygen atoms in total. The van der Waals surface area contributed by atoms with E-state index in [-0.39, 0.29) is 12.2 Å². The van der Waals surface area contributed by atoms with Gasteiger partial charge in [0.25, 0.3) is 5.69 Å². The zero-order valence-corrected chi connectivity index (χ0v) is 11.5. The summed E-state index contributed by atoms with van der Waals surface area (Å²) in [6.45, 7) is 1.68. The Morgan fingerprint density at radius 3 is 2.76 bits per heavy atom. The van der Waals surface area contributed by atoms with Gasteiger partial charge in [0, 0.05) is 9.64 Å². The monoisotopic (exact) mass is 350 g/mol. The fourth-order valence-electron chi connectivity index (χ4n) is 1.28. The van der Waals surface area contributed by atoms with Crippen LogP contribution < -0.4 is 5.32 Å². The highest BCUT2D eigenvalue weighted by Crippen LogP contribution is 2.30. The normalized spacial score (nSPS) is 9.82. The molecule has 0 amide bonds. The van der Waals surface area contributed by atoms with E-state index in [1.54, 1.807) is 13.0 Å². The van der Waals surface area contributed by atoms with Crippen LogP contribution in [0.15, 0.2) is 12.1 Å². The minimum atomic E-state index is -0.477. The molecule has 0 saturated carbocycles. The fraction of sp³-hybridized carbons (Fsp3) is 0.300. The van der Waals surface area contributed by atoms with E-state index in [0.29, 0.717) is 9.26 Å².